The van der Waals surface area contributed by atoms with Crippen LogP contribution in [-0.2, 0) is 17.4 Å². The van der Waals surface area contributed by atoms with Gasteiger partial charge in [-0.15, -0.1) is 0 Å². The number of H-pyrrole nitrogens is 1. The molecule has 0 aliphatic heterocycles. The van der Waals surface area contributed by atoms with Crippen molar-refractivity contribution in [3.8, 4) is 0 Å². The molecule has 0 saturated heterocycles. The minimum Gasteiger partial charge on any atom is -0.480 e. The van der Waals surface area contributed by atoms with Crippen LogP contribution in [0.3, 0.4) is 0 Å². The van der Waals surface area contributed by atoms with E-state index in [1.54, 1.807) is 12.3 Å². The normalized spacial score (nSPS) is 12.7. The summed E-state index contributed by atoms with van der Waals surface area (Å²) in [5, 5.41) is 12.5. The van der Waals surface area contributed by atoms with Crippen molar-refractivity contribution < 1.29 is 27.9 Å². The van der Waals surface area contributed by atoms with Crippen LogP contribution in [0.1, 0.15) is 21.5 Å². The monoisotopic (exact) mass is 376 g/mol. The third-order valence-corrected chi connectivity index (χ3v) is 4.15. The average Bonchev–Trinajstić information content (AvgIpc) is 3.03. The van der Waals surface area contributed by atoms with E-state index in [2.05, 4.69) is 10.3 Å². The molecule has 3 aromatic rings. The number of aliphatic carboxylic acids is 1. The number of para-hydroxylation sites is 1. The summed E-state index contributed by atoms with van der Waals surface area (Å²) in [6.07, 6.45) is -2.95. The van der Waals surface area contributed by atoms with Crippen molar-refractivity contribution in [3.63, 3.8) is 0 Å². The molecule has 0 spiro atoms. The van der Waals surface area contributed by atoms with Gasteiger partial charge in [0.05, 0.1) is 5.56 Å². The molecule has 1 aromatic heterocycles. The van der Waals surface area contributed by atoms with Gasteiger partial charge in [-0.1, -0.05) is 24.3 Å². The van der Waals surface area contributed by atoms with Crippen LogP contribution in [0.5, 0.6) is 0 Å². The van der Waals surface area contributed by atoms with Gasteiger partial charge in [-0.3, -0.25) is 4.79 Å². The summed E-state index contributed by atoms with van der Waals surface area (Å²) in [5.74, 6) is -2.16. The van der Waals surface area contributed by atoms with E-state index < -0.39 is 29.7 Å². The number of nitrogens with one attached hydrogen (secondary N) is 2. The van der Waals surface area contributed by atoms with Gasteiger partial charge < -0.3 is 15.4 Å². The van der Waals surface area contributed by atoms with Crippen molar-refractivity contribution in [2.24, 2.45) is 0 Å². The highest BCUT2D eigenvalue weighted by Gasteiger charge is 2.31. The van der Waals surface area contributed by atoms with Crippen LogP contribution in [0.15, 0.2) is 54.7 Å². The number of alkyl halides is 3. The van der Waals surface area contributed by atoms with E-state index >= 15 is 0 Å². The van der Waals surface area contributed by atoms with Gasteiger partial charge in [-0.25, -0.2) is 4.79 Å². The number of hydrogen-bond acceptors (Lipinski definition) is 2. The Morgan fingerprint density at radius 3 is 2.56 bits per heavy atom. The predicted molar refractivity (Wildman–Crippen MR) is 92.3 cm³/mol. The number of hydrogen-bond donors (Lipinski definition) is 3. The molecule has 3 N–H and O–H groups in total. The fourth-order valence-corrected chi connectivity index (χ4v) is 2.80. The van der Waals surface area contributed by atoms with Gasteiger partial charge in [0.2, 0.25) is 0 Å². The number of carboxylic acids is 1. The van der Waals surface area contributed by atoms with Gasteiger partial charge in [-0.05, 0) is 29.8 Å². The van der Waals surface area contributed by atoms with Crippen LogP contribution in [0, 0.1) is 0 Å². The second-order valence-corrected chi connectivity index (χ2v) is 6.01. The number of carbonyl (C=O) groups excluding carboxylic acids is 1. The Balaban J connectivity index is 1.80. The minimum atomic E-state index is -4.59. The highest BCUT2D eigenvalue weighted by atomic mass is 19.4. The fraction of sp³-hybridized carbons (Fsp3) is 0.158. The Morgan fingerprint density at radius 1 is 1.11 bits per heavy atom. The van der Waals surface area contributed by atoms with Crippen molar-refractivity contribution in [2.75, 3.05) is 0 Å². The minimum absolute atomic E-state index is 0.00987. The molecule has 0 aliphatic rings. The van der Waals surface area contributed by atoms with Crippen LogP contribution in [-0.4, -0.2) is 28.0 Å². The largest absolute Gasteiger partial charge is 0.480 e. The summed E-state index contributed by atoms with van der Waals surface area (Å²) < 4.78 is 38.4. The van der Waals surface area contributed by atoms with Crippen LogP contribution in [0.4, 0.5) is 13.2 Å². The zero-order chi connectivity index (χ0) is 19.6. The summed E-state index contributed by atoms with van der Waals surface area (Å²) in [5.41, 5.74) is 0.275. The van der Waals surface area contributed by atoms with E-state index in [0.29, 0.717) is 11.6 Å². The smallest absolute Gasteiger partial charge is 0.416 e. The van der Waals surface area contributed by atoms with E-state index in [9.17, 15) is 27.9 Å². The first-order chi connectivity index (χ1) is 12.8. The number of aromatic amines is 1. The lowest BCUT2D eigenvalue weighted by atomic mass is 10.0. The Hall–Kier alpha value is -3.29. The van der Waals surface area contributed by atoms with Crippen molar-refractivity contribution in [2.45, 2.75) is 18.6 Å². The molecule has 5 nitrogen and oxygen atoms in total. The molecular formula is C19H15F3N2O3. The van der Waals surface area contributed by atoms with Crippen LogP contribution < -0.4 is 5.32 Å². The summed E-state index contributed by atoms with van der Waals surface area (Å²) in [6.45, 7) is 0. The Morgan fingerprint density at radius 2 is 1.85 bits per heavy atom. The van der Waals surface area contributed by atoms with E-state index in [-0.39, 0.29) is 12.0 Å². The third kappa shape index (κ3) is 4.11. The molecule has 1 heterocycles. The number of aromatic nitrogens is 1. The summed E-state index contributed by atoms with van der Waals surface area (Å²) in [4.78, 5) is 26.8. The Kier molecular flexibility index (Phi) is 4.89. The van der Waals surface area contributed by atoms with Gasteiger partial charge in [0, 0.05) is 29.1 Å². The molecule has 27 heavy (non-hydrogen) atoms. The zero-order valence-corrected chi connectivity index (χ0v) is 13.9. The van der Waals surface area contributed by atoms with Crippen LogP contribution in [0.25, 0.3) is 10.9 Å². The summed E-state index contributed by atoms with van der Waals surface area (Å²) in [7, 11) is 0. The van der Waals surface area contributed by atoms with Gasteiger partial charge in [0.25, 0.3) is 5.91 Å². The van der Waals surface area contributed by atoms with Gasteiger partial charge in [0.1, 0.15) is 6.04 Å². The third-order valence-electron chi connectivity index (χ3n) is 4.15. The molecule has 0 unspecified atom stereocenters. The lowest BCUT2D eigenvalue weighted by Crippen LogP contribution is -2.42. The maximum Gasteiger partial charge on any atom is 0.416 e. The van der Waals surface area contributed by atoms with E-state index in [1.807, 2.05) is 18.2 Å². The number of amides is 1. The van der Waals surface area contributed by atoms with Crippen molar-refractivity contribution in [1.82, 2.24) is 10.3 Å². The zero-order valence-electron chi connectivity index (χ0n) is 13.9. The Labute approximate surface area is 151 Å². The molecule has 0 bridgehead atoms. The second kappa shape index (κ2) is 7.14. The molecule has 0 saturated carbocycles. The van der Waals surface area contributed by atoms with Crippen molar-refractivity contribution in [3.05, 3.63) is 71.4 Å². The first-order valence-electron chi connectivity index (χ1n) is 8.01. The summed E-state index contributed by atoms with van der Waals surface area (Å²) in [6, 6.07) is 9.83. The highest BCUT2D eigenvalue weighted by Crippen LogP contribution is 2.29. The molecular weight excluding hydrogens is 361 g/mol. The van der Waals surface area contributed by atoms with Gasteiger partial charge >= 0.3 is 12.1 Å². The highest BCUT2D eigenvalue weighted by molar-refractivity contribution is 5.97. The maximum absolute atomic E-state index is 12.8. The topological polar surface area (TPSA) is 82.2 Å². The predicted octanol–water partition coefficient (Wildman–Crippen LogP) is 3.61. The second-order valence-electron chi connectivity index (χ2n) is 6.01. The molecule has 1 atom stereocenters. The van der Waals surface area contributed by atoms with Crippen LogP contribution in [0.2, 0.25) is 0 Å². The molecule has 0 fully saturated rings. The number of rotatable bonds is 5. The molecule has 140 valence electrons. The first kappa shape index (κ1) is 18.5. The Bertz CT molecular complexity index is 995. The summed E-state index contributed by atoms with van der Waals surface area (Å²) >= 11 is 0. The molecule has 3 rings (SSSR count). The van der Waals surface area contributed by atoms with E-state index in [0.717, 1.165) is 23.0 Å². The van der Waals surface area contributed by atoms with Crippen molar-refractivity contribution >= 4 is 22.8 Å². The number of carboxylic acid groups (broad SMARTS) is 1. The van der Waals surface area contributed by atoms with E-state index in [1.165, 1.54) is 6.07 Å². The van der Waals surface area contributed by atoms with Gasteiger partial charge in [-0.2, -0.15) is 13.2 Å². The molecule has 2 aromatic carbocycles. The molecule has 0 aliphatic carbocycles. The number of carbonyl (C=O) groups is 2. The van der Waals surface area contributed by atoms with Crippen molar-refractivity contribution in [1.29, 1.82) is 0 Å². The number of halogens is 3. The standard InChI is InChI=1S/C19H15F3N2O3/c20-19(21,22)13-5-3-4-11(8-13)17(25)24-16(18(26)27)9-12-10-23-15-7-2-1-6-14(12)15/h1-8,10,16,23H,9H2,(H,24,25)(H,26,27)/t16-/m1/s1. The average molecular weight is 376 g/mol. The lowest BCUT2D eigenvalue weighted by Gasteiger charge is -2.15. The fourth-order valence-electron chi connectivity index (χ4n) is 2.80. The molecule has 8 heteroatoms. The van der Waals surface area contributed by atoms with Gasteiger partial charge in [0.15, 0.2) is 0 Å². The van der Waals surface area contributed by atoms with Crippen LogP contribution >= 0.6 is 0 Å². The number of benzene rings is 2. The first-order valence-corrected chi connectivity index (χ1v) is 8.01. The van der Waals surface area contributed by atoms with E-state index in [4.69, 9.17) is 0 Å². The lowest BCUT2D eigenvalue weighted by molar-refractivity contribution is -0.139. The number of fused-ring (bicyclic) bond motifs is 1. The maximum atomic E-state index is 12.8. The molecule has 1 amide bonds. The molecule has 0 radical (unpaired) electrons. The quantitative estimate of drug-likeness (QED) is 0.636. The SMILES string of the molecule is O=C(N[C@H](Cc1c[nH]c2ccccc12)C(=O)O)c1cccc(C(F)(F)F)c1.